The second-order valence-electron chi connectivity index (χ2n) is 6.91. The van der Waals surface area contributed by atoms with Gasteiger partial charge < -0.3 is 13.3 Å². The van der Waals surface area contributed by atoms with Crippen molar-refractivity contribution < 1.29 is 21.8 Å². The second-order valence-corrected chi connectivity index (χ2v) is 10.1. The van der Waals surface area contributed by atoms with Crippen molar-refractivity contribution in [2.75, 3.05) is 6.61 Å². The minimum Gasteiger partial charge on any atom is -0.490 e. The van der Waals surface area contributed by atoms with E-state index < -0.39 is 10.1 Å². The summed E-state index contributed by atoms with van der Waals surface area (Å²) in [4.78, 5) is 4.32. The summed E-state index contributed by atoms with van der Waals surface area (Å²) in [6, 6.07) is 18.2. The van der Waals surface area contributed by atoms with Crippen molar-refractivity contribution in [3.8, 4) is 17.6 Å². The lowest BCUT2D eigenvalue weighted by molar-refractivity contribution is 0.327. The highest BCUT2D eigenvalue weighted by Crippen LogP contribution is 2.37. The monoisotopic (exact) mass is 606 g/mol. The van der Waals surface area contributed by atoms with Crippen molar-refractivity contribution in [1.82, 2.24) is 4.98 Å². The minimum atomic E-state index is -4.13. The Balaban J connectivity index is 1.73. The van der Waals surface area contributed by atoms with Gasteiger partial charge in [-0.3, -0.25) is 0 Å². The molecule has 0 radical (unpaired) electrons. The molecule has 0 atom stereocenters. The van der Waals surface area contributed by atoms with Crippen LogP contribution in [0.4, 0.5) is 0 Å². The van der Waals surface area contributed by atoms with Gasteiger partial charge in [-0.2, -0.15) is 13.7 Å². The van der Waals surface area contributed by atoms with Crippen molar-refractivity contribution >= 4 is 67.1 Å². The zero-order valence-corrected chi connectivity index (χ0v) is 21.4. The topological polar surface area (TPSA) is 102 Å². The smallest absolute Gasteiger partial charge is 0.339 e. The Bertz CT molecular complexity index is 1510. The van der Waals surface area contributed by atoms with Gasteiger partial charge in [-0.15, -0.1) is 0 Å². The summed E-state index contributed by atoms with van der Waals surface area (Å²) in [7, 11) is -4.13. The van der Waals surface area contributed by atoms with Gasteiger partial charge in [0.05, 0.1) is 10.2 Å². The predicted octanol–water partition coefficient (Wildman–Crippen LogP) is 6.32. The fourth-order valence-electron chi connectivity index (χ4n) is 3.07. The van der Waals surface area contributed by atoms with Gasteiger partial charge in [0, 0.05) is 5.02 Å². The van der Waals surface area contributed by atoms with Gasteiger partial charge in [0.15, 0.2) is 17.1 Å². The fraction of sp³-hybridized carbons (Fsp3) is 0.0833. The van der Waals surface area contributed by atoms with Gasteiger partial charge in [0.2, 0.25) is 5.89 Å². The maximum atomic E-state index is 12.8. The maximum absolute atomic E-state index is 12.8. The molecule has 0 aliphatic carbocycles. The number of para-hydroxylation sites is 2. The van der Waals surface area contributed by atoms with Crippen LogP contribution in [0.1, 0.15) is 18.4 Å². The number of halogens is 2. The molecule has 7 nitrogen and oxygen atoms in total. The van der Waals surface area contributed by atoms with Crippen molar-refractivity contribution in [1.29, 1.82) is 5.26 Å². The molecule has 0 aliphatic heterocycles. The van der Waals surface area contributed by atoms with E-state index in [0.717, 1.165) is 0 Å². The lowest BCUT2D eigenvalue weighted by Crippen LogP contribution is -2.12. The molecule has 0 saturated heterocycles. The molecular formula is C24H16ClIN2O5S. The van der Waals surface area contributed by atoms with Crippen LogP contribution in [0.5, 0.6) is 11.5 Å². The normalized spacial score (nSPS) is 11.9. The standard InChI is InChI=1S/C24H16ClIN2O5S/c1-2-31-22-13-15(11-16(14-27)24-28-20-5-3-4-6-21(20)32-24)12-19(26)23(22)33-34(29,30)18-9-7-17(25)8-10-18/h3-13H,2H2,1H3/b16-11+. The molecule has 0 N–H and O–H groups in total. The van der Waals surface area contributed by atoms with E-state index in [1.54, 1.807) is 37.3 Å². The summed E-state index contributed by atoms with van der Waals surface area (Å²) in [5, 5.41) is 10.1. The number of allylic oxidation sites excluding steroid dienone is 1. The highest BCUT2D eigenvalue weighted by Gasteiger charge is 2.22. The number of nitriles is 1. The summed E-state index contributed by atoms with van der Waals surface area (Å²) in [5.41, 5.74) is 2.00. The minimum absolute atomic E-state index is 0.0400. The number of hydrogen-bond donors (Lipinski definition) is 0. The van der Waals surface area contributed by atoms with Gasteiger partial charge in [0.1, 0.15) is 22.1 Å². The molecule has 0 amide bonds. The van der Waals surface area contributed by atoms with Crippen LogP contribution in [0.15, 0.2) is 70.0 Å². The number of aromatic nitrogens is 1. The van der Waals surface area contributed by atoms with E-state index in [2.05, 4.69) is 11.1 Å². The van der Waals surface area contributed by atoms with Gasteiger partial charge in [-0.1, -0.05) is 23.7 Å². The molecule has 34 heavy (non-hydrogen) atoms. The lowest BCUT2D eigenvalue weighted by atomic mass is 10.1. The first kappa shape index (κ1) is 24.1. The highest BCUT2D eigenvalue weighted by atomic mass is 127. The predicted molar refractivity (Wildman–Crippen MR) is 137 cm³/mol. The molecule has 1 aromatic heterocycles. The van der Waals surface area contributed by atoms with E-state index >= 15 is 0 Å². The molecule has 4 rings (SSSR count). The maximum Gasteiger partial charge on any atom is 0.339 e. The Hall–Kier alpha value is -3.07. The van der Waals surface area contributed by atoms with Gasteiger partial charge in [-0.25, -0.2) is 4.98 Å². The lowest BCUT2D eigenvalue weighted by Gasteiger charge is -2.14. The Labute approximate surface area is 214 Å². The second kappa shape index (κ2) is 10.0. The molecular weight excluding hydrogens is 591 g/mol. The highest BCUT2D eigenvalue weighted by molar-refractivity contribution is 14.1. The molecule has 172 valence electrons. The molecule has 1 heterocycles. The van der Waals surface area contributed by atoms with Gasteiger partial charge in [0.25, 0.3) is 0 Å². The Morgan fingerprint density at radius 1 is 1.21 bits per heavy atom. The van der Waals surface area contributed by atoms with Crippen LogP contribution in [0, 0.1) is 14.9 Å². The van der Waals surface area contributed by atoms with Crippen molar-refractivity contribution in [2.45, 2.75) is 11.8 Å². The Kier molecular flexibility index (Phi) is 7.11. The van der Waals surface area contributed by atoms with Crippen molar-refractivity contribution in [3.63, 3.8) is 0 Å². The SMILES string of the molecule is CCOc1cc(/C=C(\C#N)c2nc3ccccc3o2)cc(I)c1OS(=O)(=O)c1ccc(Cl)cc1. The largest absolute Gasteiger partial charge is 0.490 e. The molecule has 0 bridgehead atoms. The van der Waals surface area contributed by atoms with Crippen molar-refractivity contribution in [3.05, 3.63) is 80.7 Å². The molecule has 0 saturated carbocycles. The Morgan fingerprint density at radius 3 is 2.62 bits per heavy atom. The number of oxazole rings is 1. The van der Waals surface area contributed by atoms with E-state index in [9.17, 15) is 13.7 Å². The zero-order valence-electron chi connectivity index (χ0n) is 17.7. The van der Waals surface area contributed by atoms with Crippen LogP contribution in [0.3, 0.4) is 0 Å². The van der Waals surface area contributed by atoms with Crippen LogP contribution < -0.4 is 8.92 Å². The number of ether oxygens (including phenoxy) is 1. The Morgan fingerprint density at radius 2 is 1.94 bits per heavy atom. The number of nitrogens with zero attached hydrogens (tertiary/aromatic N) is 2. The number of hydrogen-bond acceptors (Lipinski definition) is 7. The summed E-state index contributed by atoms with van der Waals surface area (Å²) in [6.07, 6.45) is 1.59. The molecule has 0 aliphatic rings. The molecule has 3 aromatic carbocycles. The van der Waals surface area contributed by atoms with Crippen LogP contribution in [0.2, 0.25) is 5.02 Å². The average molecular weight is 607 g/mol. The number of rotatable bonds is 7. The third-order valence-corrected chi connectivity index (χ3v) is 6.87. The summed E-state index contributed by atoms with van der Waals surface area (Å²) >= 11 is 7.81. The van der Waals surface area contributed by atoms with Crippen molar-refractivity contribution in [2.24, 2.45) is 0 Å². The molecule has 0 fully saturated rings. The first-order valence-electron chi connectivity index (χ1n) is 9.95. The first-order chi connectivity index (χ1) is 16.3. The first-order valence-corrected chi connectivity index (χ1v) is 12.8. The molecule has 0 unspecified atom stereocenters. The fourth-order valence-corrected chi connectivity index (χ4v) is 5.04. The van der Waals surface area contributed by atoms with Gasteiger partial charge in [-0.05, 0) is 89.7 Å². The number of fused-ring (bicyclic) bond motifs is 1. The summed E-state index contributed by atoms with van der Waals surface area (Å²) in [5.74, 6) is 0.449. The van der Waals surface area contributed by atoms with E-state index in [4.69, 9.17) is 24.9 Å². The quantitative estimate of drug-likeness (QED) is 0.138. The van der Waals surface area contributed by atoms with E-state index in [-0.39, 0.29) is 34.5 Å². The third-order valence-electron chi connectivity index (χ3n) is 4.58. The van der Waals surface area contributed by atoms with E-state index in [0.29, 0.717) is 25.3 Å². The van der Waals surface area contributed by atoms with Crippen LogP contribution >= 0.6 is 34.2 Å². The molecule has 0 spiro atoms. The van der Waals surface area contributed by atoms with Crippen LogP contribution in [-0.4, -0.2) is 20.0 Å². The van der Waals surface area contributed by atoms with E-state index in [1.165, 1.54) is 24.3 Å². The zero-order chi connectivity index (χ0) is 24.3. The van der Waals surface area contributed by atoms with Gasteiger partial charge >= 0.3 is 10.1 Å². The van der Waals surface area contributed by atoms with Crippen LogP contribution in [0.25, 0.3) is 22.7 Å². The molecule has 10 heteroatoms. The third kappa shape index (κ3) is 5.19. The van der Waals surface area contributed by atoms with Crippen LogP contribution in [-0.2, 0) is 10.1 Å². The molecule has 4 aromatic rings. The average Bonchev–Trinajstić information content (AvgIpc) is 3.24. The number of benzene rings is 3. The van der Waals surface area contributed by atoms with E-state index in [1.807, 2.05) is 34.7 Å². The summed E-state index contributed by atoms with van der Waals surface area (Å²) in [6.45, 7) is 2.04. The summed E-state index contributed by atoms with van der Waals surface area (Å²) < 4.78 is 42.9.